The van der Waals surface area contributed by atoms with E-state index in [0.717, 1.165) is 10.9 Å². The minimum atomic E-state index is -1.02. The molecule has 2 rings (SSSR count). The van der Waals surface area contributed by atoms with Crippen LogP contribution >= 0.6 is 0 Å². The fraction of sp³-hybridized carbons (Fsp3) is 0.357. The quantitative estimate of drug-likeness (QED) is 0.814. The van der Waals surface area contributed by atoms with Crippen LogP contribution in [0.25, 0.3) is 11.0 Å². The third kappa shape index (κ3) is 1.82. The first-order chi connectivity index (χ1) is 7.82. The molecule has 0 aliphatic rings. The zero-order valence-electron chi connectivity index (χ0n) is 10.5. The molecule has 1 aromatic carbocycles. The Kier molecular flexibility index (Phi) is 2.49. The molecule has 2 aromatic rings. The minimum absolute atomic E-state index is 0.0386. The summed E-state index contributed by atoms with van der Waals surface area (Å²) in [7, 11) is 0. The molecule has 0 spiro atoms. The van der Waals surface area contributed by atoms with E-state index in [4.69, 9.17) is 9.52 Å². The van der Waals surface area contributed by atoms with Crippen LogP contribution in [-0.4, -0.2) is 11.1 Å². The van der Waals surface area contributed by atoms with Crippen LogP contribution in [0, 0.1) is 6.92 Å². The third-order valence-electron chi connectivity index (χ3n) is 2.97. The number of carboxylic acids is 1. The molecule has 0 bridgehead atoms. The number of carbonyl (C=O) groups is 1. The van der Waals surface area contributed by atoms with E-state index in [9.17, 15) is 4.79 Å². The number of carboxylic acid groups (broad SMARTS) is 1. The Morgan fingerprint density at radius 2 is 1.94 bits per heavy atom. The Morgan fingerprint density at radius 3 is 2.47 bits per heavy atom. The van der Waals surface area contributed by atoms with Crippen molar-refractivity contribution in [3.8, 4) is 0 Å². The number of hydrogen-bond acceptors (Lipinski definition) is 2. The summed E-state index contributed by atoms with van der Waals surface area (Å²) in [6.07, 6.45) is 0. The molecule has 1 heterocycles. The van der Waals surface area contributed by atoms with Crippen molar-refractivity contribution in [2.45, 2.75) is 33.1 Å². The van der Waals surface area contributed by atoms with Crippen molar-refractivity contribution < 1.29 is 14.3 Å². The van der Waals surface area contributed by atoms with E-state index < -0.39 is 5.97 Å². The summed E-state index contributed by atoms with van der Waals surface area (Å²) in [5.74, 6) is -0.977. The van der Waals surface area contributed by atoms with Crippen molar-refractivity contribution in [1.29, 1.82) is 0 Å². The molecule has 1 N–H and O–H groups in total. The van der Waals surface area contributed by atoms with Gasteiger partial charge in [-0.15, -0.1) is 0 Å². The topological polar surface area (TPSA) is 50.4 Å². The summed E-state index contributed by atoms with van der Waals surface area (Å²) in [5, 5.41) is 9.95. The van der Waals surface area contributed by atoms with E-state index in [1.807, 2.05) is 18.2 Å². The first-order valence-electron chi connectivity index (χ1n) is 5.58. The molecular formula is C14H16O3. The second-order valence-corrected chi connectivity index (χ2v) is 5.29. The van der Waals surface area contributed by atoms with E-state index in [2.05, 4.69) is 20.8 Å². The Bertz CT molecular complexity index is 585. The maximum absolute atomic E-state index is 11.1. The van der Waals surface area contributed by atoms with Crippen LogP contribution in [-0.2, 0) is 5.41 Å². The van der Waals surface area contributed by atoms with Crippen molar-refractivity contribution >= 4 is 16.9 Å². The highest BCUT2D eigenvalue weighted by Crippen LogP contribution is 2.34. The van der Waals surface area contributed by atoms with Gasteiger partial charge in [0.25, 0.3) is 0 Å². The molecule has 0 saturated heterocycles. The summed E-state index contributed by atoms with van der Waals surface area (Å²) in [4.78, 5) is 11.1. The van der Waals surface area contributed by atoms with Gasteiger partial charge in [-0.1, -0.05) is 39.0 Å². The highest BCUT2D eigenvalue weighted by atomic mass is 16.4. The number of fused-ring (bicyclic) bond motifs is 1. The lowest BCUT2D eigenvalue weighted by molar-refractivity contribution is 0.0663. The van der Waals surface area contributed by atoms with Crippen molar-refractivity contribution in [2.75, 3.05) is 0 Å². The first kappa shape index (κ1) is 11.7. The molecule has 0 saturated carbocycles. The average Bonchev–Trinajstić information content (AvgIpc) is 2.55. The minimum Gasteiger partial charge on any atom is -0.475 e. The number of rotatable bonds is 1. The van der Waals surface area contributed by atoms with Gasteiger partial charge in [0, 0.05) is 16.5 Å². The Balaban J connectivity index is 2.83. The second-order valence-electron chi connectivity index (χ2n) is 5.29. The van der Waals surface area contributed by atoms with E-state index >= 15 is 0 Å². The van der Waals surface area contributed by atoms with Crippen LogP contribution in [0.3, 0.4) is 0 Å². The lowest BCUT2D eigenvalue weighted by atomic mass is 9.86. The van der Waals surface area contributed by atoms with Crippen molar-refractivity contribution in [3.05, 3.63) is 35.1 Å². The van der Waals surface area contributed by atoms with Crippen LogP contribution in [0.5, 0.6) is 0 Å². The average molecular weight is 232 g/mol. The smallest absolute Gasteiger partial charge is 0.372 e. The predicted molar refractivity (Wildman–Crippen MR) is 66.6 cm³/mol. The number of hydrogen-bond donors (Lipinski definition) is 1. The fourth-order valence-electron chi connectivity index (χ4n) is 2.04. The van der Waals surface area contributed by atoms with Gasteiger partial charge in [0.2, 0.25) is 5.76 Å². The van der Waals surface area contributed by atoms with Gasteiger partial charge in [-0.2, -0.15) is 0 Å². The molecule has 0 fully saturated rings. The van der Waals surface area contributed by atoms with Crippen LogP contribution in [0.4, 0.5) is 0 Å². The Morgan fingerprint density at radius 1 is 1.29 bits per heavy atom. The van der Waals surface area contributed by atoms with Gasteiger partial charge in [-0.3, -0.25) is 0 Å². The summed E-state index contributed by atoms with van der Waals surface area (Å²) >= 11 is 0. The molecule has 0 radical (unpaired) electrons. The summed E-state index contributed by atoms with van der Waals surface area (Å²) < 4.78 is 5.52. The number of para-hydroxylation sites is 1. The normalized spacial score (nSPS) is 12.0. The number of aryl methyl sites for hydroxylation is 1. The van der Waals surface area contributed by atoms with E-state index in [0.29, 0.717) is 11.1 Å². The largest absolute Gasteiger partial charge is 0.475 e. The van der Waals surface area contributed by atoms with Gasteiger partial charge in [-0.25, -0.2) is 4.79 Å². The van der Waals surface area contributed by atoms with Crippen LogP contribution in [0.2, 0.25) is 0 Å². The Hall–Kier alpha value is -1.77. The van der Waals surface area contributed by atoms with Crippen molar-refractivity contribution in [1.82, 2.24) is 0 Å². The molecule has 0 amide bonds. The van der Waals surface area contributed by atoms with E-state index in [1.165, 1.54) is 0 Å². The van der Waals surface area contributed by atoms with Gasteiger partial charge < -0.3 is 9.52 Å². The lowest BCUT2D eigenvalue weighted by Crippen LogP contribution is -2.11. The predicted octanol–water partition coefficient (Wildman–Crippen LogP) is 3.74. The van der Waals surface area contributed by atoms with Crippen LogP contribution in [0.1, 0.15) is 42.5 Å². The Labute approximate surface area is 100 Å². The van der Waals surface area contributed by atoms with E-state index in [1.54, 1.807) is 6.92 Å². The monoisotopic (exact) mass is 232 g/mol. The highest BCUT2D eigenvalue weighted by Gasteiger charge is 2.23. The van der Waals surface area contributed by atoms with Crippen LogP contribution in [0.15, 0.2) is 22.6 Å². The number of aromatic carboxylic acids is 1. The highest BCUT2D eigenvalue weighted by molar-refractivity contribution is 5.96. The molecule has 0 aliphatic heterocycles. The van der Waals surface area contributed by atoms with Gasteiger partial charge in [-0.05, 0) is 12.3 Å². The molecule has 0 unspecified atom stereocenters. The molecule has 0 atom stereocenters. The maximum atomic E-state index is 11.1. The molecule has 17 heavy (non-hydrogen) atoms. The second kappa shape index (κ2) is 3.62. The van der Waals surface area contributed by atoms with Gasteiger partial charge in [0.15, 0.2) is 0 Å². The SMILES string of the molecule is Cc1c(C(=O)O)oc2c(C(C)(C)C)cccc12. The van der Waals surface area contributed by atoms with E-state index in [-0.39, 0.29) is 11.2 Å². The molecule has 0 aliphatic carbocycles. The molecule has 3 heteroatoms. The summed E-state index contributed by atoms with van der Waals surface area (Å²) in [6, 6.07) is 5.82. The summed E-state index contributed by atoms with van der Waals surface area (Å²) in [5.41, 5.74) is 2.35. The maximum Gasteiger partial charge on any atom is 0.372 e. The zero-order chi connectivity index (χ0) is 12.8. The van der Waals surface area contributed by atoms with Gasteiger partial charge in [0.05, 0.1) is 0 Å². The molecule has 1 aromatic heterocycles. The standard InChI is InChI=1S/C14H16O3/c1-8-9-6-5-7-10(14(2,3)4)12(9)17-11(8)13(15)16/h5-7H,1-4H3,(H,15,16). The number of benzene rings is 1. The summed E-state index contributed by atoms with van der Waals surface area (Å²) in [6.45, 7) is 8.03. The molecule has 90 valence electrons. The van der Waals surface area contributed by atoms with Gasteiger partial charge >= 0.3 is 5.97 Å². The molecular weight excluding hydrogens is 216 g/mol. The lowest BCUT2D eigenvalue weighted by Gasteiger charge is -2.18. The molecule has 3 nitrogen and oxygen atoms in total. The fourth-order valence-corrected chi connectivity index (χ4v) is 2.04. The van der Waals surface area contributed by atoms with Crippen molar-refractivity contribution in [3.63, 3.8) is 0 Å². The van der Waals surface area contributed by atoms with Gasteiger partial charge in [0.1, 0.15) is 5.58 Å². The number of furan rings is 1. The third-order valence-corrected chi connectivity index (χ3v) is 2.97. The van der Waals surface area contributed by atoms with Crippen molar-refractivity contribution in [2.24, 2.45) is 0 Å². The zero-order valence-corrected chi connectivity index (χ0v) is 10.5. The van der Waals surface area contributed by atoms with Crippen LogP contribution < -0.4 is 0 Å². The first-order valence-corrected chi connectivity index (χ1v) is 5.58.